The number of rotatable bonds is 4. The number of nitrogens with zero attached hydrogens (tertiary/aromatic N) is 4. The molecule has 0 spiro atoms. The van der Waals surface area contributed by atoms with E-state index >= 15 is 0 Å². The maximum atomic E-state index is 14.7. The monoisotopic (exact) mass is 427 g/mol. The molecule has 2 aromatic rings. The number of carbonyl (C=O) groups is 1. The van der Waals surface area contributed by atoms with Gasteiger partial charge in [0.25, 0.3) is 0 Å². The largest absolute Gasteiger partial charge is 0.372 e. The van der Waals surface area contributed by atoms with E-state index in [1.165, 1.54) is 54.0 Å². The zero-order chi connectivity index (χ0) is 21.5. The summed E-state index contributed by atoms with van der Waals surface area (Å²) in [7, 11) is 0. The standard InChI is InChI=1S/C20H15F2N5O2S/c1-19(16-6-20(16,18(28)29-24)30-10-27-19)13-4-12(9-26-17(13)22)5-14(21)15-3-2-11(7-23)8-25-15/h2-5,8-10,16H,6,24H2,1H3/b14-5-. The molecule has 1 saturated carbocycles. The van der Waals surface area contributed by atoms with Gasteiger partial charge in [0.1, 0.15) is 16.6 Å². The summed E-state index contributed by atoms with van der Waals surface area (Å²) in [6, 6.07) is 6.19. The molecule has 10 heteroatoms. The Kier molecular flexibility index (Phi) is 4.88. The second-order valence-electron chi connectivity index (χ2n) is 7.19. The van der Waals surface area contributed by atoms with Gasteiger partial charge in [0.2, 0.25) is 5.95 Å². The van der Waals surface area contributed by atoms with Crippen LogP contribution in [0.2, 0.25) is 0 Å². The van der Waals surface area contributed by atoms with Crippen LogP contribution in [-0.2, 0) is 15.2 Å². The highest BCUT2D eigenvalue weighted by atomic mass is 32.2. The number of thioether (sulfide) groups is 1. The topological polar surface area (TPSA) is 114 Å². The molecule has 0 amide bonds. The van der Waals surface area contributed by atoms with Crippen molar-refractivity contribution in [3.05, 3.63) is 58.9 Å². The zero-order valence-electron chi connectivity index (χ0n) is 15.7. The van der Waals surface area contributed by atoms with E-state index in [1.807, 2.05) is 6.07 Å². The van der Waals surface area contributed by atoms with Gasteiger partial charge >= 0.3 is 5.97 Å². The Morgan fingerprint density at radius 2 is 2.23 bits per heavy atom. The lowest BCUT2D eigenvalue weighted by Crippen LogP contribution is -2.37. The number of aromatic nitrogens is 2. The van der Waals surface area contributed by atoms with Gasteiger partial charge < -0.3 is 4.84 Å². The third kappa shape index (κ3) is 3.16. The van der Waals surface area contributed by atoms with Crippen molar-refractivity contribution >= 4 is 35.2 Å². The van der Waals surface area contributed by atoms with Crippen LogP contribution in [0.5, 0.6) is 0 Å². The molecule has 3 heterocycles. The third-order valence-electron chi connectivity index (χ3n) is 5.46. The molecule has 0 bridgehead atoms. The Balaban J connectivity index is 1.69. The molecule has 7 nitrogen and oxygen atoms in total. The van der Waals surface area contributed by atoms with Gasteiger partial charge in [-0.2, -0.15) is 15.5 Å². The fraction of sp³-hybridized carbons (Fsp3) is 0.250. The molecule has 4 rings (SSSR count). The van der Waals surface area contributed by atoms with Gasteiger partial charge in [-0.25, -0.2) is 14.2 Å². The minimum Gasteiger partial charge on any atom is -0.372 e. The fourth-order valence-electron chi connectivity index (χ4n) is 3.70. The van der Waals surface area contributed by atoms with Gasteiger partial charge in [-0.05, 0) is 43.2 Å². The van der Waals surface area contributed by atoms with Crippen molar-refractivity contribution in [3.8, 4) is 6.07 Å². The number of nitriles is 1. The number of aliphatic imine (C=N–C) groups is 1. The van der Waals surface area contributed by atoms with Crippen molar-refractivity contribution in [1.29, 1.82) is 5.26 Å². The van der Waals surface area contributed by atoms with Crippen LogP contribution in [0.25, 0.3) is 11.9 Å². The lowest BCUT2D eigenvalue weighted by Gasteiger charge is -2.31. The molecule has 0 aromatic carbocycles. The Morgan fingerprint density at radius 1 is 1.43 bits per heavy atom. The van der Waals surface area contributed by atoms with E-state index in [1.54, 1.807) is 6.92 Å². The van der Waals surface area contributed by atoms with Crippen LogP contribution < -0.4 is 5.90 Å². The highest BCUT2D eigenvalue weighted by Crippen LogP contribution is 2.65. The van der Waals surface area contributed by atoms with E-state index in [9.17, 15) is 13.6 Å². The van der Waals surface area contributed by atoms with Crippen LogP contribution >= 0.6 is 11.8 Å². The highest BCUT2D eigenvalue weighted by molar-refractivity contribution is 8.14. The summed E-state index contributed by atoms with van der Waals surface area (Å²) >= 11 is 1.20. The predicted molar refractivity (Wildman–Crippen MR) is 107 cm³/mol. The van der Waals surface area contributed by atoms with Gasteiger partial charge in [-0.3, -0.25) is 9.98 Å². The normalized spacial score (nSPS) is 27.2. The van der Waals surface area contributed by atoms with Gasteiger partial charge in [-0.1, -0.05) is 11.8 Å². The number of nitrogens with two attached hydrogens (primary N) is 1. The molecule has 0 saturated heterocycles. The minimum absolute atomic E-state index is 0.0325. The SMILES string of the molecule is CC1(c2cc(/C=C(\F)c3ccc(C#N)cn3)cnc2F)N=CSC2(C(=O)ON)CC21. The quantitative estimate of drug-likeness (QED) is 0.589. The summed E-state index contributed by atoms with van der Waals surface area (Å²) in [5.41, 5.74) is 1.20. The van der Waals surface area contributed by atoms with Crippen molar-refractivity contribution in [2.24, 2.45) is 16.8 Å². The van der Waals surface area contributed by atoms with Crippen LogP contribution in [0.4, 0.5) is 8.78 Å². The average molecular weight is 427 g/mol. The maximum Gasteiger partial charge on any atom is 0.341 e. The molecule has 3 unspecified atom stereocenters. The van der Waals surface area contributed by atoms with Crippen LogP contribution in [0.15, 0.2) is 35.6 Å². The number of fused-ring (bicyclic) bond motifs is 1. The third-order valence-corrected chi connectivity index (χ3v) is 6.71. The van der Waals surface area contributed by atoms with Gasteiger partial charge in [0, 0.05) is 23.9 Å². The van der Waals surface area contributed by atoms with E-state index in [0.717, 1.165) is 0 Å². The van der Waals surface area contributed by atoms with Crippen molar-refractivity contribution in [3.63, 3.8) is 0 Å². The fourth-order valence-corrected chi connectivity index (χ4v) is 4.96. The van der Waals surface area contributed by atoms with Crippen molar-refractivity contribution in [1.82, 2.24) is 9.97 Å². The van der Waals surface area contributed by atoms with Gasteiger partial charge in [0.15, 0.2) is 0 Å². The number of halogens is 2. The van der Waals surface area contributed by atoms with E-state index < -0.39 is 28.0 Å². The molecule has 2 N–H and O–H groups in total. The highest BCUT2D eigenvalue weighted by Gasteiger charge is 2.70. The smallest absolute Gasteiger partial charge is 0.341 e. The molecule has 2 aromatic heterocycles. The molecule has 1 fully saturated rings. The van der Waals surface area contributed by atoms with Crippen molar-refractivity contribution in [2.75, 3.05) is 0 Å². The Hall–Kier alpha value is -3.16. The lowest BCUT2D eigenvalue weighted by atomic mass is 9.86. The molecule has 1 aliphatic carbocycles. The molecule has 152 valence electrons. The number of hydrogen-bond acceptors (Lipinski definition) is 8. The number of hydrogen-bond donors (Lipinski definition) is 1. The van der Waals surface area contributed by atoms with E-state index in [4.69, 9.17) is 11.2 Å². The van der Waals surface area contributed by atoms with E-state index in [2.05, 4.69) is 19.8 Å². The first-order chi connectivity index (χ1) is 14.3. The van der Waals surface area contributed by atoms with Gasteiger partial charge in [0.05, 0.1) is 22.3 Å². The van der Waals surface area contributed by atoms with Crippen LogP contribution in [-0.4, -0.2) is 26.2 Å². The van der Waals surface area contributed by atoms with Gasteiger partial charge in [-0.15, -0.1) is 0 Å². The second kappa shape index (κ2) is 7.27. The summed E-state index contributed by atoms with van der Waals surface area (Å²) in [5.74, 6) is 2.72. The summed E-state index contributed by atoms with van der Waals surface area (Å²) in [5, 5.41) is 8.81. The first kappa shape index (κ1) is 20.1. The predicted octanol–water partition coefficient (Wildman–Crippen LogP) is 3.12. The van der Waals surface area contributed by atoms with Crippen molar-refractivity contribution < 1.29 is 18.4 Å². The average Bonchev–Trinajstić information content (AvgIpc) is 3.52. The Morgan fingerprint density at radius 3 is 2.90 bits per heavy atom. The molecular formula is C20H15F2N5O2S. The Bertz CT molecular complexity index is 1130. The molecule has 30 heavy (non-hydrogen) atoms. The summed E-state index contributed by atoms with van der Waals surface area (Å²) in [6.07, 6.45) is 4.05. The molecule has 1 aliphatic heterocycles. The zero-order valence-corrected chi connectivity index (χ0v) is 16.5. The molecule has 0 radical (unpaired) electrons. The van der Waals surface area contributed by atoms with Crippen LogP contribution in [0.3, 0.4) is 0 Å². The molecular weight excluding hydrogens is 412 g/mol. The number of pyridine rings is 2. The van der Waals surface area contributed by atoms with Crippen LogP contribution in [0.1, 0.15) is 35.7 Å². The second-order valence-corrected chi connectivity index (χ2v) is 8.37. The van der Waals surface area contributed by atoms with E-state index in [-0.39, 0.29) is 17.2 Å². The first-order valence-electron chi connectivity index (χ1n) is 8.86. The number of carbonyl (C=O) groups excluding carboxylic acids is 1. The molecule has 2 aliphatic rings. The first-order valence-corrected chi connectivity index (χ1v) is 9.74. The summed E-state index contributed by atoms with van der Waals surface area (Å²) in [6.45, 7) is 1.70. The lowest BCUT2D eigenvalue weighted by molar-refractivity contribution is -0.144. The maximum absolute atomic E-state index is 14.7. The van der Waals surface area contributed by atoms with Crippen LogP contribution in [0, 0.1) is 23.2 Å². The summed E-state index contributed by atoms with van der Waals surface area (Å²) in [4.78, 5) is 28.6. The van der Waals surface area contributed by atoms with E-state index in [0.29, 0.717) is 17.5 Å². The molecule has 3 atom stereocenters. The summed E-state index contributed by atoms with van der Waals surface area (Å²) < 4.78 is 28.4. The minimum atomic E-state index is -1.08. The Labute approximate surface area is 174 Å². The van der Waals surface area contributed by atoms with Crippen molar-refractivity contribution in [2.45, 2.75) is 23.6 Å².